The third-order valence-corrected chi connectivity index (χ3v) is 9.72. The van der Waals surface area contributed by atoms with Gasteiger partial charge in [-0.2, -0.15) is 0 Å². The lowest BCUT2D eigenvalue weighted by Gasteiger charge is -2.57. The average Bonchev–Trinajstić information content (AvgIpc) is 3.30. The molecule has 3 nitrogen and oxygen atoms in total. The Morgan fingerprint density at radius 2 is 1.75 bits per heavy atom. The number of allylic oxidation sites excluding steroid dienone is 1. The Labute approximate surface area is 171 Å². The highest BCUT2D eigenvalue weighted by molar-refractivity contribution is 5.87. The number of ketones is 1. The maximum atomic E-state index is 12.6. The average molecular weight is 386 g/mol. The predicted octanol–water partition coefficient (Wildman–Crippen LogP) is 5.00. The van der Waals surface area contributed by atoms with E-state index in [1.54, 1.807) is 5.57 Å². The summed E-state index contributed by atoms with van der Waals surface area (Å²) >= 11 is 0. The Morgan fingerprint density at radius 3 is 2.57 bits per heavy atom. The molecule has 4 aliphatic carbocycles. The van der Waals surface area contributed by atoms with Crippen LogP contribution in [0.1, 0.15) is 78.1 Å². The lowest BCUT2D eigenvalue weighted by Crippen LogP contribution is -2.50. The summed E-state index contributed by atoms with van der Waals surface area (Å²) in [6, 6.07) is 0. The van der Waals surface area contributed by atoms with Crippen LogP contribution in [0.2, 0.25) is 0 Å². The van der Waals surface area contributed by atoms with Gasteiger partial charge in [0.2, 0.25) is 0 Å². The number of hydrogen-bond acceptors (Lipinski definition) is 3. The van der Waals surface area contributed by atoms with Gasteiger partial charge >= 0.3 is 0 Å². The Bertz CT molecular complexity index is 651. The molecule has 0 aromatic heterocycles. The number of fused-ring (bicyclic) bond motifs is 5. The zero-order chi connectivity index (χ0) is 19.4. The number of rotatable bonds is 4. The van der Waals surface area contributed by atoms with Crippen LogP contribution in [0.3, 0.4) is 0 Å². The molecule has 28 heavy (non-hydrogen) atoms. The molecule has 4 fully saturated rings. The van der Waals surface area contributed by atoms with Crippen molar-refractivity contribution < 1.29 is 9.53 Å². The molecule has 1 saturated heterocycles. The number of carbonyl (C=O) groups is 1. The summed E-state index contributed by atoms with van der Waals surface area (Å²) in [6.45, 7) is 9.37. The van der Waals surface area contributed by atoms with Crippen LogP contribution in [0.25, 0.3) is 0 Å². The van der Waals surface area contributed by atoms with Crippen LogP contribution in [-0.4, -0.2) is 43.0 Å². The number of likely N-dealkylation sites (tertiary alicyclic amines) is 1. The van der Waals surface area contributed by atoms with Gasteiger partial charge in [0.25, 0.3) is 0 Å². The smallest absolute Gasteiger partial charge is 0.139 e. The summed E-state index contributed by atoms with van der Waals surface area (Å²) in [5, 5.41) is 0. The largest absolute Gasteiger partial charge is 0.373 e. The minimum absolute atomic E-state index is 0.00856. The van der Waals surface area contributed by atoms with Crippen molar-refractivity contribution >= 4 is 5.78 Å². The summed E-state index contributed by atoms with van der Waals surface area (Å²) in [6.07, 6.45) is 15.0. The first-order valence-electron chi connectivity index (χ1n) is 12.1. The minimum atomic E-state index is 0.00856. The maximum absolute atomic E-state index is 12.6. The Kier molecular flexibility index (Phi) is 4.99. The first-order chi connectivity index (χ1) is 13.5. The van der Waals surface area contributed by atoms with Gasteiger partial charge in [-0.3, -0.25) is 4.79 Å². The van der Waals surface area contributed by atoms with Crippen molar-refractivity contribution in [1.29, 1.82) is 0 Å². The molecule has 0 aromatic carbocycles. The highest BCUT2D eigenvalue weighted by atomic mass is 16.5. The fraction of sp³-hybridized carbons (Fsp3) is 0.880. The monoisotopic (exact) mass is 385 g/mol. The highest BCUT2D eigenvalue weighted by Gasteiger charge is 2.58. The van der Waals surface area contributed by atoms with Crippen LogP contribution in [0.4, 0.5) is 0 Å². The molecule has 5 rings (SSSR count). The van der Waals surface area contributed by atoms with E-state index in [0.717, 1.165) is 44.2 Å². The fourth-order valence-corrected chi connectivity index (χ4v) is 7.94. The molecule has 6 atom stereocenters. The molecule has 0 bridgehead atoms. The van der Waals surface area contributed by atoms with Crippen LogP contribution in [0.15, 0.2) is 11.6 Å². The Balaban J connectivity index is 1.26. The quantitative estimate of drug-likeness (QED) is 0.638. The summed E-state index contributed by atoms with van der Waals surface area (Å²) in [7, 11) is 0. The number of hydrogen-bond donors (Lipinski definition) is 0. The third kappa shape index (κ3) is 3.03. The minimum Gasteiger partial charge on any atom is -0.373 e. The van der Waals surface area contributed by atoms with Crippen LogP contribution < -0.4 is 0 Å². The van der Waals surface area contributed by atoms with Crippen molar-refractivity contribution in [3.63, 3.8) is 0 Å². The van der Waals surface area contributed by atoms with Gasteiger partial charge in [-0.1, -0.05) is 25.5 Å². The van der Waals surface area contributed by atoms with Crippen molar-refractivity contribution in [2.24, 2.45) is 28.6 Å². The van der Waals surface area contributed by atoms with Crippen LogP contribution in [0.5, 0.6) is 0 Å². The molecule has 3 saturated carbocycles. The van der Waals surface area contributed by atoms with Crippen LogP contribution in [-0.2, 0) is 9.53 Å². The van der Waals surface area contributed by atoms with Crippen molar-refractivity contribution in [2.75, 3.05) is 26.2 Å². The molecular formula is C25H39NO2. The standard InChI is InChI=1S/C25H39NO2/c1-24-11-9-19(28-16-15-26-13-3-4-14-26)17-18(24)5-6-20-21-7-8-23(27)25(21,2)12-10-22(20)24/h17,19-22H,3-16H2,1-2H3/t19-,20?,21?,22?,24-,25-/m0/s1. The Hall–Kier alpha value is -0.670. The second-order valence-electron chi connectivity index (χ2n) is 10.9. The first-order valence-corrected chi connectivity index (χ1v) is 12.1. The normalized spacial score (nSPS) is 46.1. The lowest BCUT2D eigenvalue weighted by molar-refractivity contribution is -0.132. The second-order valence-corrected chi connectivity index (χ2v) is 10.9. The van der Waals surface area contributed by atoms with Gasteiger partial charge < -0.3 is 9.64 Å². The van der Waals surface area contributed by atoms with E-state index in [9.17, 15) is 4.79 Å². The molecule has 0 amide bonds. The molecular weight excluding hydrogens is 346 g/mol. The van der Waals surface area contributed by atoms with E-state index in [4.69, 9.17) is 4.74 Å². The van der Waals surface area contributed by atoms with Crippen molar-refractivity contribution in [3.05, 3.63) is 11.6 Å². The van der Waals surface area contributed by atoms with Crippen molar-refractivity contribution in [1.82, 2.24) is 4.90 Å². The van der Waals surface area contributed by atoms with Gasteiger partial charge in [0.15, 0.2) is 0 Å². The summed E-state index contributed by atoms with van der Waals surface area (Å²) in [5.74, 6) is 2.80. The molecule has 1 heterocycles. The summed E-state index contributed by atoms with van der Waals surface area (Å²) < 4.78 is 6.31. The lowest BCUT2D eigenvalue weighted by atomic mass is 9.47. The maximum Gasteiger partial charge on any atom is 0.139 e. The molecule has 1 aliphatic heterocycles. The second kappa shape index (κ2) is 7.23. The molecule has 3 unspecified atom stereocenters. The molecule has 0 radical (unpaired) electrons. The van der Waals surface area contributed by atoms with Gasteiger partial charge in [0, 0.05) is 18.4 Å². The summed E-state index contributed by atoms with van der Waals surface area (Å²) in [5.41, 5.74) is 2.07. The van der Waals surface area contributed by atoms with E-state index in [2.05, 4.69) is 24.8 Å². The van der Waals surface area contributed by atoms with Gasteiger partial charge in [-0.05, 0) is 94.0 Å². The predicted molar refractivity (Wildman–Crippen MR) is 112 cm³/mol. The van der Waals surface area contributed by atoms with Crippen molar-refractivity contribution in [2.45, 2.75) is 84.2 Å². The molecule has 0 N–H and O–H groups in total. The van der Waals surface area contributed by atoms with Gasteiger partial charge in [0.05, 0.1) is 12.7 Å². The SMILES string of the molecule is C[C@]12CC[C@H](OCCN3CCCC3)C=C1CCC1C2CC[C@]2(C)C(=O)CCC12. The van der Waals surface area contributed by atoms with E-state index in [0.29, 0.717) is 23.2 Å². The zero-order valence-corrected chi connectivity index (χ0v) is 18.0. The van der Waals surface area contributed by atoms with Crippen LogP contribution >= 0.6 is 0 Å². The Morgan fingerprint density at radius 1 is 1.00 bits per heavy atom. The molecule has 5 aliphatic rings. The third-order valence-electron chi connectivity index (χ3n) is 9.72. The number of Topliss-reactive ketones (excluding diaryl/α,β-unsaturated/α-hetero) is 1. The van der Waals surface area contributed by atoms with E-state index in [1.807, 2.05) is 0 Å². The van der Waals surface area contributed by atoms with Crippen LogP contribution in [0, 0.1) is 28.6 Å². The van der Waals surface area contributed by atoms with Gasteiger partial charge in [-0.15, -0.1) is 0 Å². The topological polar surface area (TPSA) is 29.5 Å². The zero-order valence-electron chi connectivity index (χ0n) is 18.0. The number of nitrogens with zero attached hydrogens (tertiary/aromatic N) is 1. The van der Waals surface area contributed by atoms with E-state index < -0.39 is 0 Å². The molecule has 3 heteroatoms. The van der Waals surface area contributed by atoms with E-state index >= 15 is 0 Å². The highest BCUT2D eigenvalue weighted by Crippen LogP contribution is 2.64. The molecule has 156 valence electrons. The van der Waals surface area contributed by atoms with Gasteiger partial charge in [0.1, 0.15) is 5.78 Å². The van der Waals surface area contributed by atoms with E-state index in [1.165, 1.54) is 58.0 Å². The van der Waals surface area contributed by atoms with Gasteiger partial charge in [-0.25, -0.2) is 0 Å². The van der Waals surface area contributed by atoms with E-state index in [-0.39, 0.29) is 5.41 Å². The summed E-state index contributed by atoms with van der Waals surface area (Å²) in [4.78, 5) is 15.1. The first kappa shape index (κ1) is 19.3. The number of carbonyl (C=O) groups excluding carboxylic acids is 1. The number of ether oxygens (including phenoxy) is 1. The fourth-order valence-electron chi connectivity index (χ4n) is 7.94. The molecule has 0 aromatic rings. The van der Waals surface area contributed by atoms with Crippen molar-refractivity contribution in [3.8, 4) is 0 Å². The molecule has 0 spiro atoms.